The summed E-state index contributed by atoms with van der Waals surface area (Å²) in [6.45, 7) is 6.53. The summed E-state index contributed by atoms with van der Waals surface area (Å²) in [5, 5.41) is 0. The van der Waals surface area contributed by atoms with E-state index in [9.17, 15) is 14.4 Å². The molecule has 0 fully saturated rings. The Balaban J connectivity index is 4.35. The zero-order chi connectivity index (χ0) is 58.5. The monoisotopic (exact) mass is 1130 g/mol. The van der Waals surface area contributed by atoms with Gasteiger partial charge in [0.25, 0.3) is 0 Å². The minimum absolute atomic E-state index is 0.0860. The fraction of sp³-hybridized carbons (Fsp3) is 0.747. The lowest BCUT2D eigenvalue weighted by Crippen LogP contribution is -2.30. The van der Waals surface area contributed by atoms with Crippen LogP contribution in [0.15, 0.2) is 97.2 Å². The van der Waals surface area contributed by atoms with E-state index < -0.39 is 6.10 Å². The highest BCUT2D eigenvalue weighted by molar-refractivity contribution is 5.71. The van der Waals surface area contributed by atoms with Crippen molar-refractivity contribution in [2.75, 3.05) is 13.2 Å². The normalized spacial score (nSPS) is 12.7. The maximum absolute atomic E-state index is 12.9. The van der Waals surface area contributed by atoms with Crippen LogP contribution < -0.4 is 0 Å². The Morgan fingerprint density at radius 3 is 0.765 bits per heavy atom. The molecule has 0 N–H and O–H groups in total. The Morgan fingerprint density at radius 1 is 0.259 bits per heavy atom. The molecule has 0 aromatic carbocycles. The summed E-state index contributed by atoms with van der Waals surface area (Å²) in [5.74, 6) is -0.900. The van der Waals surface area contributed by atoms with E-state index in [-0.39, 0.29) is 31.1 Å². The van der Waals surface area contributed by atoms with Crippen molar-refractivity contribution < 1.29 is 28.6 Å². The summed E-state index contributed by atoms with van der Waals surface area (Å²) in [6.07, 6.45) is 92.8. The third-order valence-corrected chi connectivity index (χ3v) is 15.0. The number of rotatable bonds is 63. The second-order valence-corrected chi connectivity index (χ2v) is 23.1. The van der Waals surface area contributed by atoms with Crippen molar-refractivity contribution in [3.8, 4) is 0 Å². The van der Waals surface area contributed by atoms with E-state index in [1.54, 1.807) is 0 Å². The van der Waals surface area contributed by atoms with Gasteiger partial charge in [-0.15, -0.1) is 0 Å². The van der Waals surface area contributed by atoms with Gasteiger partial charge in [0.1, 0.15) is 13.2 Å². The van der Waals surface area contributed by atoms with Gasteiger partial charge in [-0.3, -0.25) is 14.4 Å². The Labute approximate surface area is 502 Å². The van der Waals surface area contributed by atoms with Crippen molar-refractivity contribution in [1.82, 2.24) is 0 Å². The summed E-state index contributed by atoms with van der Waals surface area (Å²) >= 11 is 0. The molecule has 0 saturated carbocycles. The molecule has 0 aromatic heterocycles. The van der Waals surface area contributed by atoms with Crippen molar-refractivity contribution >= 4 is 17.9 Å². The standard InChI is InChI=1S/C75H130O6/c1-4-7-10-13-16-19-22-25-28-31-33-34-35-36-37-38-39-40-42-44-47-50-53-56-59-62-65-68-74(77)80-71-72(70-79-73(76)67-64-61-58-55-52-49-46-43-30-27-24-21-18-15-12-9-6-3)81-75(78)69-66-63-60-57-54-51-48-45-41-32-29-26-23-20-17-14-11-8-5-2/h9,12,18,21-22,25-27,29-31,33,35-36,46,49,72H,4-8,10-11,13-17,19-20,23-24,28,32,34,37-45,47-48,50-71H2,1-3H3/b12-9-,21-18-,25-22-,29-26-,30-27-,33-31-,36-35-,49-46-. The molecule has 0 heterocycles. The molecule has 0 aliphatic carbocycles. The fourth-order valence-electron chi connectivity index (χ4n) is 9.85. The van der Waals surface area contributed by atoms with Crippen LogP contribution in [-0.2, 0) is 28.6 Å². The fourth-order valence-corrected chi connectivity index (χ4v) is 9.85. The van der Waals surface area contributed by atoms with Crippen LogP contribution in [0.3, 0.4) is 0 Å². The number of hydrogen-bond acceptors (Lipinski definition) is 6. The average molecular weight is 1130 g/mol. The van der Waals surface area contributed by atoms with Crippen LogP contribution in [0.2, 0.25) is 0 Å². The second kappa shape index (κ2) is 68.8. The first-order valence-electron chi connectivity index (χ1n) is 34.7. The molecular weight excluding hydrogens is 997 g/mol. The Morgan fingerprint density at radius 2 is 0.481 bits per heavy atom. The average Bonchev–Trinajstić information content (AvgIpc) is 3.47. The molecule has 0 spiro atoms. The molecule has 81 heavy (non-hydrogen) atoms. The molecule has 1 atom stereocenters. The van der Waals surface area contributed by atoms with Crippen molar-refractivity contribution in [3.05, 3.63) is 97.2 Å². The molecule has 0 saturated heterocycles. The number of carbonyl (C=O) groups excluding carboxylic acids is 3. The Hall–Kier alpha value is -3.67. The maximum atomic E-state index is 12.9. The number of allylic oxidation sites excluding steroid dienone is 16. The molecule has 0 bridgehead atoms. The first-order valence-corrected chi connectivity index (χ1v) is 34.7. The van der Waals surface area contributed by atoms with Crippen molar-refractivity contribution in [3.63, 3.8) is 0 Å². The summed E-state index contributed by atoms with van der Waals surface area (Å²) in [5.41, 5.74) is 0. The van der Waals surface area contributed by atoms with E-state index >= 15 is 0 Å². The van der Waals surface area contributed by atoms with Crippen molar-refractivity contribution in [2.24, 2.45) is 0 Å². The van der Waals surface area contributed by atoms with Gasteiger partial charge in [0, 0.05) is 19.3 Å². The van der Waals surface area contributed by atoms with Crippen LogP contribution in [-0.4, -0.2) is 37.2 Å². The van der Waals surface area contributed by atoms with Crippen LogP contribution in [0, 0.1) is 0 Å². The van der Waals surface area contributed by atoms with E-state index in [2.05, 4.69) is 118 Å². The molecule has 466 valence electrons. The molecule has 6 nitrogen and oxygen atoms in total. The van der Waals surface area contributed by atoms with Gasteiger partial charge in [-0.1, -0.05) is 298 Å². The Bertz CT molecular complexity index is 1580. The largest absolute Gasteiger partial charge is 0.462 e. The molecule has 0 aliphatic heterocycles. The zero-order valence-electron chi connectivity index (χ0n) is 53.5. The lowest BCUT2D eigenvalue weighted by atomic mass is 10.0. The van der Waals surface area contributed by atoms with E-state index in [1.807, 2.05) is 0 Å². The lowest BCUT2D eigenvalue weighted by molar-refractivity contribution is -0.167. The Kier molecular flexibility index (Phi) is 65.7. The number of hydrogen-bond donors (Lipinski definition) is 0. The topological polar surface area (TPSA) is 78.9 Å². The summed E-state index contributed by atoms with van der Waals surface area (Å²) in [4.78, 5) is 38.4. The summed E-state index contributed by atoms with van der Waals surface area (Å²) < 4.78 is 17.0. The minimum atomic E-state index is -0.792. The first-order chi connectivity index (χ1) is 40.0. The van der Waals surface area contributed by atoms with Crippen LogP contribution in [0.25, 0.3) is 0 Å². The molecule has 6 heteroatoms. The van der Waals surface area contributed by atoms with E-state index in [1.165, 1.54) is 193 Å². The highest BCUT2D eigenvalue weighted by Crippen LogP contribution is 2.17. The molecule has 0 rings (SSSR count). The highest BCUT2D eigenvalue weighted by Gasteiger charge is 2.19. The summed E-state index contributed by atoms with van der Waals surface area (Å²) in [7, 11) is 0. The van der Waals surface area contributed by atoms with Gasteiger partial charge in [-0.05, 0) is 122 Å². The number of esters is 3. The van der Waals surface area contributed by atoms with Crippen molar-refractivity contribution in [2.45, 2.75) is 348 Å². The molecule has 0 aromatic rings. The highest BCUT2D eigenvalue weighted by atomic mass is 16.6. The second-order valence-electron chi connectivity index (χ2n) is 23.1. The van der Waals surface area contributed by atoms with E-state index in [0.717, 1.165) is 109 Å². The van der Waals surface area contributed by atoms with Gasteiger partial charge in [0.05, 0.1) is 0 Å². The van der Waals surface area contributed by atoms with Crippen LogP contribution >= 0.6 is 0 Å². The molecule has 0 amide bonds. The molecular formula is C75H130O6. The van der Waals surface area contributed by atoms with Gasteiger partial charge in [-0.2, -0.15) is 0 Å². The van der Waals surface area contributed by atoms with Crippen LogP contribution in [0.4, 0.5) is 0 Å². The van der Waals surface area contributed by atoms with Gasteiger partial charge in [-0.25, -0.2) is 0 Å². The van der Waals surface area contributed by atoms with Crippen LogP contribution in [0.1, 0.15) is 342 Å². The summed E-state index contributed by atoms with van der Waals surface area (Å²) in [6, 6.07) is 0. The number of ether oxygens (including phenoxy) is 3. The smallest absolute Gasteiger partial charge is 0.306 e. The van der Waals surface area contributed by atoms with Crippen molar-refractivity contribution in [1.29, 1.82) is 0 Å². The molecule has 0 radical (unpaired) electrons. The van der Waals surface area contributed by atoms with E-state index in [4.69, 9.17) is 14.2 Å². The first kappa shape index (κ1) is 77.3. The van der Waals surface area contributed by atoms with Gasteiger partial charge >= 0.3 is 17.9 Å². The third-order valence-electron chi connectivity index (χ3n) is 15.0. The SMILES string of the molecule is CC/C=C\C/C=C\C/C=C\C/C=C\CCCCCCC(=O)OCC(COC(=O)CCCCCCCCCCCCCC/C=C\C/C=C\C/C=C\CCCCCCC)OC(=O)CCCCCCCCCCC/C=C\CCCCCCCC. The van der Waals surface area contributed by atoms with Gasteiger partial charge in [0.15, 0.2) is 6.10 Å². The quantitative estimate of drug-likeness (QED) is 0.0261. The number of unbranched alkanes of at least 4 members (excludes halogenated alkanes) is 36. The van der Waals surface area contributed by atoms with Gasteiger partial charge < -0.3 is 14.2 Å². The molecule has 1 unspecified atom stereocenters. The predicted octanol–water partition coefficient (Wildman–Crippen LogP) is 24.0. The minimum Gasteiger partial charge on any atom is -0.462 e. The third kappa shape index (κ3) is 67.0. The zero-order valence-corrected chi connectivity index (χ0v) is 53.5. The molecule has 0 aliphatic rings. The van der Waals surface area contributed by atoms with E-state index in [0.29, 0.717) is 19.3 Å². The van der Waals surface area contributed by atoms with Crippen LogP contribution in [0.5, 0.6) is 0 Å². The number of carbonyl (C=O) groups is 3. The predicted molar refractivity (Wildman–Crippen MR) is 353 cm³/mol. The maximum Gasteiger partial charge on any atom is 0.306 e. The lowest BCUT2D eigenvalue weighted by Gasteiger charge is -2.18. The van der Waals surface area contributed by atoms with Gasteiger partial charge in [0.2, 0.25) is 0 Å².